The number of carbonyl (C=O) groups excluding carboxylic acids is 2. The van der Waals surface area contributed by atoms with Crippen LogP contribution in [0.3, 0.4) is 0 Å². The van der Waals surface area contributed by atoms with E-state index in [1.165, 1.54) is 6.07 Å². The van der Waals surface area contributed by atoms with Crippen LogP contribution in [0.2, 0.25) is 0 Å². The van der Waals surface area contributed by atoms with Gasteiger partial charge in [0, 0.05) is 54.0 Å². The predicted octanol–water partition coefficient (Wildman–Crippen LogP) is 6.87. The van der Waals surface area contributed by atoms with Crippen LogP contribution in [0.5, 0.6) is 0 Å². The molecule has 7 nitrogen and oxygen atoms in total. The number of nitrogens with zero attached hydrogens (tertiary/aromatic N) is 1. The van der Waals surface area contributed by atoms with E-state index in [0.29, 0.717) is 65.4 Å². The Balaban J connectivity index is 1.65. The van der Waals surface area contributed by atoms with Crippen molar-refractivity contribution in [3.05, 3.63) is 73.9 Å². The molecule has 0 spiro atoms. The third-order valence-electron chi connectivity index (χ3n) is 7.71. The van der Waals surface area contributed by atoms with Crippen LogP contribution >= 0.6 is 0 Å². The minimum atomic E-state index is -0.607. The first-order chi connectivity index (χ1) is 16.8. The van der Waals surface area contributed by atoms with Gasteiger partial charge in [-0.1, -0.05) is 27.7 Å². The Hall–Kier alpha value is -3.48. The van der Waals surface area contributed by atoms with E-state index in [0.717, 1.165) is 11.1 Å². The van der Waals surface area contributed by atoms with Gasteiger partial charge in [0.05, 0.1) is 10.8 Å². The molecule has 0 saturated carbocycles. The van der Waals surface area contributed by atoms with Crippen molar-refractivity contribution in [2.24, 2.45) is 10.8 Å². The number of hydrogen-bond acceptors (Lipinski definition) is 6. The van der Waals surface area contributed by atoms with Crippen LogP contribution in [-0.4, -0.2) is 16.5 Å². The molecule has 0 unspecified atom stereocenters. The molecule has 36 heavy (non-hydrogen) atoms. The van der Waals surface area contributed by atoms with Gasteiger partial charge in [-0.2, -0.15) is 0 Å². The number of hydrogen-bond donors (Lipinski definition) is 0. The monoisotopic (exact) mass is 489 g/mol. The van der Waals surface area contributed by atoms with Crippen molar-refractivity contribution < 1.29 is 23.7 Å². The average molecular weight is 490 g/mol. The molecule has 188 valence electrons. The normalized spacial score (nSPS) is 21.3. The van der Waals surface area contributed by atoms with Gasteiger partial charge >= 0.3 is 0 Å². The number of Topliss-reactive ketones (excluding diaryl/α,β-unsaturated/α-hetero) is 2. The minimum absolute atomic E-state index is 0.0178. The van der Waals surface area contributed by atoms with Crippen LogP contribution < -0.4 is 0 Å². The lowest BCUT2D eigenvalue weighted by molar-refractivity contribution is -0.385. The fourth-order valence-corrected chi connectivity index (χ4v) is 5.88. The molecule has 1 aromatic heterocycles. The molecule has 2 aromatic rings. The van der Waals surface area contributed by atoms with Crippen molar-refractivity contribution in [1.29, 1.82) is 0 Å². The molecule has 1 aromatic carbocycles. The number of benzene rings is 1. The largest absolute Gasteiger partial charge is 0.465 e. The summed E-state index contributed by atoms with van der Waals surface area (Å²) in [6, 6.07) is 6.80. The van der Waals surface area contributed by atoms with Crippen molar-refractivity contribution in [3.63, 3.8) is 0 Å². The lowest BCUT2D eigenvalue weighted by Crippen LogP contribution is -2.37. The topological polar surface area (TPSA) is 99.7 Å². The third-order valence-corrected chi connectivity index (χ3v) is 7.71. The summed E-state index contributed by atoms with van der Waals surface area (Å²) in [7, 11) is 0. The Bertz CT molecular complexity index is 1350. The van der Waals surface area contributed by atoms with Crippen molar-refractivity contribution in [2.45, 2.75) is 73.1 Å². The first kappa shape index (κ1) is 24.2. The second kappa shape index (κ2) is 8.02. The Labute approximate surface area is 210 Å². The van der Waals surface area contributed by atoms with Crippen LogP contribution in [0.4, 0.5) is 5.69 Å². The summed E-state index contributed by atoms with van der Waals surface area (Å²) in [6.45, 7) is 11.8. The molecule has 1 aliphatic heterocycles. The van der Waals surface area contributed by atoms with E-state index in [4.69, 9.17) is 9.15 Å². The maximum absolute atomic E-state index is 13.4. The fraction of sp³-hybridized carbons (Fsp3) is 0.448. The molecule has 2 aliphatic carbocycles. The van der Waals surface area contributed by atoms with E-state index in [-0.39, 0.29) is 28.1 Å². The van der Waals surface area contributed by atoms with Crippen LogP contribution in [0.25, 0.3) is 11.3 Å². The molecule has 0 amide bonds. The summed E-state index contributed by atoms with van der Waals surface area (Å²) < 4.78 is 12.7. The van der Waals surface area contributed by atoms with Gasteiger partial charge in [-0.05, 0) is 48.4 Å². The number of furan rings is 1. The fourth-order valence-electron chi connectivity index (χ4n) is 5.88. The van der Waals surface area contributed by atoms with Crippen LogP contribution in [0.15, 0.2) is 51.3 Å². The molecule has 0 radical (unpaired) electrons. The van der Waals surface area contributed by atoms with Gasteiger partial charge in [0.2, 0.25) is 0 Å². The van der Waals surface area contributed by atoms with Crippen molar-refractivity contribution >= 4 is 17.3 Å². The predicted molar refractivity (Wildman–Crippen MR) is 134 cm³/mol. The molecule has 0 fully saturated rings. The van der Waals surface area contributed by atoms with Crippen LogP contribution in [-0.2, 0) is 14.3 Å². The lowest BCUT2D eigenvalue weighted by Gasteiger charge is -2.42. The number of nitro benzene ring substituents is 1. The number of ether oxygens (including phenoxy) is 1. The molecular formula is C29H31NO6. The summed E-state index contributed by atoms with van der Waals surface area (Å²) in [5.41, 5.74) is 2.73. The smallest absolute Gasteiger partial charge is 0.272 e. The molecule has 0 bridgehead atoms. The molecule has 2 heterocycles. The molecule has 0 atom stereocenters. The van der Waals surface area contributed by atoms with E-state index in [1.54, 1.807) is 13.0 Å². The zero-order valence-corrected chi connectivity index (χ0v) is 21.6. The third kappa shape index (κ3) is 3.91. The molecule has 0 N–H and O–H groups in total. The van der Waals surface area contributed by atoms with Crippen molar-refractivity contribution in [1.82, 2.24) is 0 Å². The molecule has 0 saturated heterocycles. The second-order valence-electron chi connectivity index (χ2n) is 11.9. The van der Waals surface area contributed by atoms with Gasteiger partial charge < -0.3 is 9.15 Å². The number of allylic oxidation sites excluding steroid dienone is 4. The van der Waals surface area contributed by atoms with Crippen LogP contribution in [0, 0.1) is 34.8 Å². The van der Waals surface area contributed by atoms with Crippen molar-refractivity contribution in [2.75, 3.05) is 0 Å². The Morgan fingerprint density at radius 3 is 1.92 bits per heavy atom. The van der Waals surface area contributed by atoms with E-state index in [9.17, 15) is 19.7 Å². The highest BCUT2D eigenvalue weighted by Crippen LogP contribution is 2.53. The van der Waals surface area contributed by atoms with Gasteiger partial charge in [0.1, 0.15) is 23.0 Å². The average Bonchev–Trinajstić information content (AvgIpc) is 3.21. The summed E-state index contributed by atoms with van der Waals surface area (Å²) in [5.74, 6) is 1.71. The molecular weight excluding hydrogens is 458 g/mol. The zero-order chi connectivity index (χ0) is 26.2. The number of ketones is 2. The quantitative estimate of drug-likeness (QED) is 0.344. The Morgan fingerprint density at radius 2 is 1.39 bits per heavy atom. The van der Waals surface area contributed by atoms with Crippen molar-refractivity contribution in [3.8, 4) is 11.3 Å². The van der Waals surface area contributed by atoms with Gasteiger partial charge in [-0.25, -0.2) is 0 Å². The zero-order valence-electron chi connectivity index (χ0n) is 21.6. The molecule has 5 rings (SSSR count). The highest BCUT2D eigenvalue weighted by atomic mass is 16.6. The first-order valence-corrected chi connectivity index (χ1v) is 12.3. The summed E-state index contributed by atoms with van der Waals surface area (Å²) in [5, 5.41) is 11.3. The van der Waals surface area contributed by atoms with E-state index >= 15 is 0 Å². The highest BCUT2D eigenvalue weighted by Gasteiger charge is 2.48. The Morgan fingerprint density at radius 1 is 0.833 bits per heavy atom. The summed E-state index contributed by atoms with van der Waals surface area (Å²) >= 11 is 0. The minimum Gasteiger partial charge on any atom is -0.465 e. The summed E-state index contributed by atoms with van der Waals surface area (Å²) in [4.78, 5) is 37.8. The Kier molecular flexibility index (Phi) is 5.39. The number of rotatable bonds is 3. The van der Waals surface area contributed by atoms with E-state index in [1.807, 2.05) is 19.1 Å². The van der Waals surface area contributed by atoms with Gasteiger partial charge in [-0.15, -0.1) is 0 Å². The highest BCUT2D eigenvalue weighted by molar-refractivity contribution is 6.06. The van der Waals surface area contributed by atoms with E-state index in [2.05, 4.69) is 27.7 Å². The number of nitro groups is 1. The number of carbonyl (C=O) groups is 2. The van der Waals surface area contributed by atoms with Crippen LogP contribution in [0.1, 0.15) is 76.2 Å². The standard InChI is InChI=1S/C29H31NO6/c1-15-16(2)18(30(33)34)8-7-17(15)21-9-10-22(35-21)27-25-19(31)11-28(3,4)13-23(25)36-24-14-29(5,6)12-20(32)26(24)27/h7-10,27H,11-14H2,1-6H3. The van der Waals surface area contributed by atoms with Gasteiger partial charge in [0.15, 0.2) is 11.6 Å². The van der Waals surface area contributed by atoms with Gasteiger partial charge in [-0.3, -0.25) is 19.7 Å². The summed E-state index contributed by atoms with van der Waals surface area (Å²) in [6.07, 6.45) is 1.98. The lowest BCUT2D eigenvalue weighted by atomic mass is 9.66. The van der Waals surface area contributed by atoms with E-state index < -0.39 is 10.8 Å². The maximum atomic E-state index is 13.4. The maximum Gasteiger partial charge on any atom is 0.272 e. The second-order valence-corrected chi connectivity index (χ2v) is 11.9. The SMILES string of the molecule is Cc1c(-c2ccc(C3C4=C(CC(C)(C)CC4=O)OC4=C3C(=O)CC(C)(C)C4)o2)ccc([N+](=O)[O-])c1C. The molecule has 7 heteroatoms. The molecule has 3 aliphatic rings. The first-order valence-electron chi connectivity index (χ1n) is 12.3. The van der Waals surface area contributed by atoms with Gasteiger partial charge in [0.25, 0.3) is 5.69 Å².